The Labute approximate surface area is 95.2 Å². The van der Waals surface area contributed by atoms with Gasteiger partial charge >= 0.3 is 0 Å². The van der Waals surface area contributed by atoms with Gasteiger partial charge in [0.2, 0.25) is 0 Å². The Morgan fingerprint density at radius 2 is 1.13 bits per heavy atom. The molecule has 15 heavy (non-hydrogen) atoms. The van der Waals surface area contributed by atoms with Crippen LogP contribution in [-0.4, -0.2) is 18.6 Å². The molecular weight excluding hydrogens is 182 g/mol. The van der Waals surface area contributed by atoms with Crippen LogP contribution in [0.1, 0.15) is 71.1 Å². The van der Waals surface area contributed by atoms with Crippen LogP contribution in [0.25, 0.3) is 0 Å². The highest BCUT2D eigenvalue weighted by Gasteiger charge is 2.35. The van der Waals surface area contributed by atoms with Crippen LogP contribution in [0.4, 0.5) is 0 Å². The molecule has 2 saturated carbocycles. The van der Waals surface area contributed by atoms with Crippen molar-refractivity contribution in [2.24, 2.45) is 0 Å². The number of rotatable bonds is 3. The second-order valence-corrected chi connectivity index (χ2v) is 5.41. The van der Waals surface area contributed by atoms with Crippen LogP contribution in [-0.2, 0) is 0 Å². The van der Waals surface area contributed by atoms with Crippen molar-refractivity contribution in [1.29, 1.82) is 0 Å². The first-order valence-corrected chi connectivity index (χ1v) is 7.17. The summed E-state index contributed by atoms with van der Waals surface area (Å²) in [7, 11) is 0. The molecule has 2 aliphatic carbocycles. The predicted molar refractivity (Wildman–Crippen MR) is 66.4 cm³/mol. The second kappa shape index (κ2) is 5.89. The van der Waals surface area contributed by atoms with Gasteiger partial charge in [-0.05, 0) is 32.6 Å². The lowest BCUT2D eigenvalue weighted by Gasteiger charge is -2.32. The van der Waals surface area contributed by atoms with E-state index in [0.29, 0.717) is 0 Å². The van der Waals surface area contributed by atoms with Crippen LogP contribution >= 0.6 is 0 Å². The maximum atomic E-state index is 2.85. The van der Waals surface area contributed by atoms with E-state index >= 15 is 0 Å². The maximum absolute atomic E-state index is 2.85. The van der Waals surface area contributed by atoms with Gasteiger partial charge in [0.15, 0.2) is 0 Å². The van der Waals surface area contributed by atoms with Gasteiger partial charge < -0.3 is 0 Å². The molecule has 1 radical (unpaired) electrons. The van der Waals surface area contributed by atoms with Crippen molar-refractivity contribution < 1.29 is 0 Å². The average Bonchev–Trinajstić information content (AvgIpc) is 2.33. The van der Waals surface area contributed by atoms with E-state index in [9.17, 15) is 0 Å². The lowest BCUT2D eigenvalue weighted by Crippen LogP contribution is -2.49. The third kappa shape index (κ3) is 2.96. The quantitative estimate of drug-likeness (QED) is 0.623. The zero-order valence-electron chi connectivity index (χ0n) is 10.4. The van der Waals surface area contributed by atoms with Crippen LogP contribution in [0, 0.1) is 0 Å². The highest BCUT2D eigenvalue weighted by Crippen LogP contribution is 2.27. The van der Waals surface area contributed by atoms with Crippen molar-refractivity contribution in [3.05, 3.63) is 0 Å². The van der Waals surface area contributed by atoms with Crippen molar-refractivity contribution >= 4 is 0 Å². The molecule has 0 aliphatic heterocycles. The Bertz CT molecular complexity index is 148. The first-order chi connectivity index (χ1) is 7.42. The minimum atomic E-state index is 0.937. The van der Waals surface area contributed by atoms with Crippen LogP contribution in [0.15, 0.2) is 0 Å². The molecular formula is C14H27N+. The standard InChI is InChI=1S/C14H27N/c1-2-15(13-9-5-3-6-10-13)14-11-7-4-8-12-14/h13-14H,2-12H2,1H3/q+1. The maximum Gasteiger partial charge on any atom is 0.133 e. The molecule has 0 atom stereocenters. The van der Waals surface area contributed by atoms with Crippen LogP contribution < -0.4 is 4.90 Å². The largest absolute Gasteiger partial charge is 0.165 e. The van der Waals surface area contributed by atoms with Gasteiger partial charge in [0.05, 0.1) is 0 Å². The number of hydrogen-bond acceptors (Lipinski definition) is 1. The summed E-state index contributed by atoms with van der Waals surface area (Å²) in [6.07, 6.45) is 14.8. The zero-order chi connectivity index (χ0) is 10.5. The molecule has 2 aliphatic rings. The average molecular weight is 209 g/mol. The molecule has 1 nitrogen and oxygen atoms in total. The van der Waals surface area contributed by atoms with E-state index in [1.165, 1.54) is 70.8 Å². The van der Waals surface area contributed by atoms with Crippen LogP contribution in [0.2, 0.25) is 0 Å². The van der Waals surface area contributed by atoms with Gasteiger partial charge in [-0.2, -0.15) is 4.90 Å². The molecule has 0 N–H and O–H groups in total. The molecule has 0 aromatic carbocycles. The Hall–Kier alpha value is -0.0400. The molecule has 0 spiro atoms. The molecule has 0 saturated heterocycles. The van der Waals surface area contributed by atoms with Gasteiger partial charge in [-0.25, -0.2) is 0 Å². The molecule has 0 unspecified atom stereocenters. The first-order valence-electron chi connectivity index (χ1n) is 7.17. The lowest BCUT2D eigenvalue weighted by atomic mass is 9.89. The zero-order valence-corrected chi connectivity index (χ0v) is 10.4. The molecule has 2 rings (SSSR count). The first kappa shape index (κ1) is 11.4. The summed E-state index contributed by atoms with van der Waals surface area (Å²) >= 11 is 0. The van der Waals surface area contributed by atoms with Crippen LogP contribution in [0.5, 0.6) is 0 Å². The van der Waals surface area contributed by atoms with E-state index in [0.717, 1.165) is 12.1 Å². The predicted octanol–water partition coefficient (Wildman–Crippen LogP) is 3.81. The van der Waals surface area contributed by atoms with Gasteiger partial charge in [-0.1, -0.05) is 12.8 Å². The van der Waals surface area contributed by atoms with Gasteiger partial charge in [-0.15, -0.1) is 0 Å². The van der Waals surface area contributed by atoms with E-state index < -0.39 is 0 Å². The minimum absolute atomic E-state index is 0.937. The third-order valence-electron chi connectivity index (χ3n) is 4.45. The molecule has 0 aromatic rings. The van der Waals surface area contributed by atoms with Crippen LogP contribution in [0.3, 0.4) is 0 Å². The molecule has 0 bridgehead atoms. The van der Waals surface area contributed by atoms with Gasteiger partial charge in [0.1, 0.15) is 18.6 Å². The smallest absolute Gasteiger partial charge is 0.133 e. The molecule has 2 fully saturated rings. The SMILES string of the molecule is CC[N+](C1CCCCC1)C1CCCCC1. The van der Waals surface area contributed by atoms with E-state index in [1.807, 2.05) is 0 Å². The minimum Gasteiger partial charge on any atom is -0.165 e. The van der Waals surface area contributed by atoms with Gasteiger partial charge in [0, 0.05) is 25.7 Å². The second-order valence-electron chi connectivity index (χ2n) is 5.41. The Morgan fingerprint density at radius 3 is 1.47 bits per heavy atom. The highest BCUT2D eigenvalue weighted by molar-refractivity contribution is 4.87. The fourth-order valence-corrected chi connectivity index (χ4v) is 3.64. The lowest BCUT2D eigenvalue weighted by molar-refractivity contribution is 0.177. The van der Waals surface area contributed by atoms with Crippen molar-refractivity contribution in [1.82, 2.24) is 4.90 Å². The molecule has 0 amide bonds. The fourth-order valence-electron chi connectivity index (χ4n) is 3.64. The third-order valence-corrected chi connectivity index (χ3v) is 4.45. The van der Waals surface area contributed by atoms with Crippen molar-refractivity contribution in [2.45, 2.75) is 83.2 Å². The van der Waals surface area contributed by atoms with E-state index in [-0.39, 0.29) is 0 Å². The number of hydrogen-bond donors (Lipinski definition) is 0. The topological polar surface area (TPSA) is 5.90 Å². The number of nitrogens with zero attached hydrogens (tertiary/aromatic N) is 1. The van der Waals surface area contributed by atoms with Gasteiger partial charge in [-0.3, -0.25) is 0 Å². The van der Waals surface area contributed by atoms with E-state index in [2.05, 4.69) is 11.8 Å². The summed E-state index contributed by atoms with van der Waals surface area (Å²) in [4.78, 5) is 2.85. The Balaban J connectivity index is 1.88. The monoisotopic (exact) mass is 209 g/mol. The Morgan fingerprint density at radius 1 is 0.733 bits per heavy atom. The normalized spacial score (nSPS) is 26.0. The summed E-state index contributed by atoms with van der Waals surface area (Å²) in [5, 5.41) is 0. The summed E-state index contributed by atoms with van der Waals surface area (Å²) in [5.74, 6) is 0. The molecule has 0 heterocycles. The van der Waals surface area contributed by atoms with Crippen molar-refractivity contribution in [3.8, 4) is 0 Å². The summed E-state index contributed by atoms with van der Waals surface area (Å²) in [6, 6.07) is 1.87. The van der Waals surface area contributed by atoms with E-state index in [1.54, 1.807) is 0 Å². The van der Waals surface area contributed by atoms with Crippen molar-refractivity contribution in [2.75, 3.05) is 6.54 Å². The van der Waals surface area contributed by atoms with E-state index in [4.69, 9.17) is 0 Å². The molecule has 87 valence electrons. The van der Waals surface area contributed by atoms with Gasteiger partial charge in [0.25, 0.3) is 0 Å². The summed E-state index contributed by atoms with van der Waals surface area (Å²) in [6.45, 7) is 3.65. The Kier molecular flexibility index (Phi) is 4.49. The molecule has 1 heteroatoms. The highest BCUT2D eigenvalue weighted by atomic mass is 15.2. The fraction of sp³-hybridized carbons (Fsp3) is 1.00. The van der Waals surface area contributed by atoms with Crippen molar-refractivity contribution in [3.63, 3.8) is 0 Å². The summed E-state index contributed by atoms with van der Waals surface area (Å²) < 4.78 is 0. The molecule has 0 aromatic heterocycles. The summed E-state index contributed by atoms with van der Waals surface area (Å²) in [5.41, 5.74) is 0.